The third-order valence-corrected chi connectivity index (χ3v) is 2.72. The molecule has 0 radical (unpaired) electrons. The Kier molecular flexibility index (Phi) is 6.71. The highest BCUT2D eigenvalue weighted by molar-refractivity contribution is 5.82. The molecule has 0 heterocycles. The topological polar surface area (TPSA) is 64.6 Å². The van der Waals surface area contributed by atoms with Gasteiger partial charge in [-0.3, -0.25) is 0 Å². The van der Waals surface area contributed by atoms with Gasteiger partial charge in [-0.25, -0.2) is 9.59 Å². The highest BCUT2D eigenvalue weighted by Gasteiger charge is 2.16. The van der Waals surface area contributed by atoms with Crippen molar-refractivity contribution in [1.82, 2.24) is 5.32 Å². The second kappa shape index (κ2) is 8.34. The van der Waals surface area contributed by atoms with Gasteiger partial charge in [0.2, 0.25) is 0 Å². The number of amides is 1. The molecule has 1 amide bonds. The van der Waals surface area contributed by atoms with Gasteiger partial charge in [-0.1, -0.05) is 12.2 Å². The molecule has 1 aliphatic rings. The van der Waals surface area contributed by atoms with Crippen molar-refractivity contribution in [3.63, 3.8) is 0 Å². The Morgan fingerprint density at radius 2 is 2.11 bits per heavy atom. The van der Waals surface area contributed by atoms with Gasteiger partial charge in [0, 0.05) is 12.1 Å². The minimum Gasteiger partial charge on any atom is -0.463 e. The predicted octanol–water partition coefficient (Wildman–Crippen LogP) is 2.33. The Hall–Kier alpha value is -1.78. The summed E-state index contributed by atoms with van der Waals surface area (Å²) in [6, 6.07) is 0.0610. The first-order chi connectivity index (χ1) is 9.15. The highest BCUT2D eigenvalue weighted by atomic mass is 16.5. The summed E-state index contributed by atoms with van der Waals surface area (Å²) in [5.74, 6) is -0.344. The number of ether oxygens (including phenoxy) is 2. The third-order valence-electron chi connectivity index (χ3n) is 2.72. The number of esters is 1. The lowest BCUT2D eigenvalue weighted by Gasteiger charge is -2.22. The summed E-state index contributed by atoms with van der Waals surface area (Å²) in [4.78, 5) is 22.5. The van der Waals surface area contributed by atoms with Crippen LogP contribution in [0, 0.1) is 0 Å². The highest BCUT2D eigenvalue weighted by Crippen LogP contribution is 2.19. The molecule has 1 N–H and O–H groups in total. The van der Waals surface area contributed by atoms with E-state index in [0.29, 0.717) is 19.6 Å². The molecule has 0 saturated carbocycles. The average Bonchev–Trinajstić information content (AvgIpc) is 2.37. The Labute approximate surface area is 113 Å². The zero-order valence-electron chi connectivity index (χ0n) is 11.5. The van der Waals surface area contributed by atoms with Gasteiger partial charge in [0.15, 0.2) is 0 Å². The Morgan fingerprint density at radius 3 is 2.79 bits per heavy atom. The number of rotatable bonds is 5. The van der Waals surface area contributed by atoms with Crippen molar-refractivity contribution in [1.29, 1.82) is 0 Å². The van der Waals surface area contributed by atoms with Gasteiger partial charge >= 0.3 is 12.1 Å². The second-order valence-electron chi connectivity index (χ2n) is 4.21. The summed E-state index contributed by atoms with van der Waals surface area (Å²) < 4.78 is 9.66. The van der Waals surface area contributed by atoms with Crippen LogP contribution >= 0.6 is 0 Å². The lowest BCUT2D eigenvalue weighted by atomic mass is 9.94. The summed E-state index contributed by atoms with van der Waals surface area (Å²) in [6.45, 7) is 4.28. The van der Waals surface area contributed by atoms with Crippen LogP contribution < -0.4 is 5.32 Å². The first kappa shape index (κ1) is 15.3. The quantitative estimate of drug-likeness (QED) is 0.613. The molecule has 19 heavy (non-hydrogen) atoms. The minimum absolute atomic E-state index is 0.0610. The van der Waals surface area contributed by atoms with Gasteiger partial charge in [0.05, 0.1) is 13.2 Å². The maximum atomic E-state index is 11.3. The molecule has 0 spiro atoms. The van der Waals surface area contributed by atoms with E-state index in [9.17, 15) is 9.59 Å². The van der Waals surface area contributed by atoms with E-state index < -0.39 is 0 Å². The van der Waals surface area contributed by atoms with E-state index in [1.807, 2.05) is 0 Å². The van der Waals surface area contributed by atoms with Crippen LogP contribution in [-0.2, 0) is 14.3 Å². The van der Waals surface area contributed by atoms with Crippen molar-refractivity contribution in [3.05, 3.63) is 23.8 Å². The number of hydrogen-bond donors (Lipinski definition) is 1. The van der Waals surface area contributed by atoms with Crippen molar-refractivity contribution in [2.45, 2.75) is 39.2 Å². The minimum atomic E-state index is -0.386. The van der Waals surface area contributed by atoms with Crippen molar-refractivity contribution < 1.29 is 19.1 Å². The molecule has 0 fully saturated rings. The molecule has 106 valence electrons. The molecule has 5 nitrogen and oxygen atoms in total. The van der Waals surface area contributed by atoms with Gasteiger partial charge in [0.1, 0.15) is 0 Å². The van der Waals surface area contributed by atoms with Crippen LogP contribution in [0.5, 0.6) is 0 Å². The van der Waals surface area contributed by atoms with E-state index >= 15 is 0 Å². The Balaban J connectivity index is 2.43. The van der Waals surface area contributed by atoms with Crippen LogP contribution in [0.2, 0.25) is 0 Å². The number of carbonyl (C=O) groups is 2. The van der Waals surface area contributed by atoms with E-state index in [0.717, 1.165) is 18.4 Å². The van der Waals surface area contributed by atoms with Gasteiger partial charge in [0.25, 0.3) is 0 Å². The molecule has 0 aromatic rings. The molecule has 1 atom stereocenters. The maximum Gasteiger partial charge on any atom is 0.407 e. The molecular weight excluding hydrogens is 246 g/mol. The normalized spacial score (nSPS) is 18.8. The van der Waals surface area contributed by atoms with Crippen LogP contribution in [0.1, 0.15) is 33.1 Å². The van der Waals surface area contributed by atoms with E-state index in [4.69, 9.17) is 9.47 Å². The van der Waals surface area contributed by atoms with E-state index in [1.54, 1.807) is 19.9 Å². The van der Waals surface area contributed by atoms with Crippen LogP contribution in [0.15, 0.2) is 23.8 Å². The van der Waals surface area contributed by atoms with Gasteiger partial charge in [-0.2, -0.15) is 0 Å². The Morgan fingerprint density at radius 1 is 1.37 bits per heavy atom. The lowest BCUT2D eigenvalue weighted by Crippen LogP contribution is -2.36. The van der Waals surface area contributed by atoms with Crippen molar-refractivity contribution in [2.24, 2.45) is 0 Å². The summed E-state index contributed by atoms with van der Waals surface area (Å²) in [5, 5.41) is 2.81. The monoisotopic (exact) mass is 267 g/mol. The van der Waals surface area contributed by atoms with Gasteiger partial charge < -0.3 is 14.8 Å². The third kappa shape index (κ3) is 6.08. The molecular formula is C14H21NO4. The Bertz CT molecular complexity index is 374. The van der Waals surface area contributed by atoms with Crippen molar-refractivity contribution in [2.75, 3.05) is 13.2 Å². The van der Waals surface area contributed by atoms with Gasteiger partial charge in [-0.15, -0.1) is 0 Å². The summed E-state index contributed by atoms with van der Waals surface area (Å²) in [6.07, 6.45) is 7.31. The van der Waals surface area contributed by atoms with Crippen LogP contribution in [0.3, 0.4) is 0 Å². The average molecular weight is 267 g/mol. The lowest BCUT2D eigenvalue weighted by molar-refractivity contribution is -0.137. The number of nitrogens with one attached hydrogen (secondary N) is 1. The van der Waals surface area contributed by atoms with Crippen molar-refractivity contribution >= 4 is 12.1 Å². The number of allylic oxidation sites excluding steroid dienone is 2. The van der Waals surface area contributed by atoms with Crippen LogP contribution in [-0.4, -0.2) is 31.3 Å². The molecule has 1 rings (SSSR count). The zero-order valence-corrected chi connectivity index (χ0v) is 11.5. The fourth-order valence-corrected chi connectivity index (χ4v) is 1.90. The molecule has 5 heteroatoms. The predicted molar refractivity (Wildman–Crippen MR) is 71.7 cm³/mol. The molecule has 0 aliphatic heterocycles. The largest absolute Gasteiger partial charge is 0.463 e. The molecule has 1 aliphatic carbocycles. The molecule has 0 aromatic heterocycles. The SMILES string of the molecule is CCOC(=O)/C=C/C1=CCC[C@@H](NC(=O)OCC)C1. The summed E-state index contributed by atoms with van der Waals surface area (Å²) in [5.41, 5.74) is 1.03. The second-order valence-corrected chi connectivity index (χ2v) is 4.21. The zero-order chi connectivity index (χ0) is 14.1. The fraction of sp³-hybridized carbons (Fsp3) is 0.571. The van der Waals surface area contributed by atoms with Crippen LogP contribution in [0.25, 0.3) is 0 Å². The summed E-state index contributed by atoms with van der Waals surface area (Å²) in [7, 11) is 0. The fourth-order valence-electron chi connectivity index (χ4n) is 1.90. The maximum absolute atomic E-state index is 11.3. The number of hydrogen-bond acceptors (Lipinski definition) is 4. The first-order valence-corrected chi connectivity index (χ1v) is 6.62. The first-order valence-electron chi connectivity index (χ1n) is 6.62. The van der Waals surface area contributed by atoms with Crippen molar-refractivity contribution in [3.8, 4) is 0 Å². The van der Waals surface area contributed by atoms with E-state index in [1.165, 1.54) is 6.08 Å². The van der Waals surface area contributed by atoms with Crippen LogP contribution in [0.4, 0.5) is 4.79 Å². The standard InChI is InChI=1S/C14H21NO4/c1-3-18-13(16)9-8-11-6-5-7-12(10-11)15-14(17)19-4-2/h6,8-9,12H,3-5,7,10H2,1-2H3,(H,15,17)/b9-8+/t12-/m1/s1. The summed E-state index contributed by atoms with van der Waals surface area (Å²) >= 11 is 0. The molecule has 0 bridgehead atoms. The smallest absolute Gasteiger partial charge is 0.407 e. The molecule has 0 unspecified atom stereocenters. The van der Waals surface area contributed by atoms with E-state index in [-0.39, 0.29) is 18.1 Å². The van der Waals surface area contributed by atoms with Gasteiger partial charge in [-0.05, 0) is 38.7 Å². The van der Waals surface area contributed by atoms with E-state index in [2.05, 4.69) is 11.4 Å². The molecule has 0 saturated heterocycles. The number of alkyl carbamates (subject to hydrolysis) is 1. The molecule has 0 aromatic carbocycles. The number of carbonyl (C=O) groups excluding carboxylic acids is 2.